The number of phenolic OH excluding ortho intramolecular Hbond substituents is 1. The van der Waals surface area contributed by atoms with Crippen molar-refractivity contribution in [2.75, 3.05) is 39.4 Å². The smallest absolute Gasteiger partial charge is 0.203 e. The Balaban J connectivity index is 1.80. The number of rotatable bonds is 2. The molecule has 0 saturated carbocycles. The van der Waals surface area contributed by atoms with Gasteiger partial charge in [0.15, 0.2) is 11.5 Å². The first-order chi connectivity index (χ1) is 9.34. The average molecular weight is 264 g/mol. The van der Waals surface area contributed by atoms with E-state index < -0.39 is 0 Å². The molecule has 0 amide bonds. The number of nitrogens with one attached hydrogen (secondary N) is 1. The van der Waals surface area contributed by atoms with Crippen molar-refractivity contribution in [2.45, 2.75) is 13.0 Å². The lowest BCUT2D eigenvalue weighted by molar-refractivity contribution is 0.229. The summed E-state index contributed by atoms with van der Waals surface area (Å²) in [7, 11) is 0. The molecule has 5 nitrogen and oxygen atoms in total. The number of fused-ring (bicyclic) bond motifs is 1. The highest BCUT2D eigenvalue weighted by Gasteiger charge is 2.19. The van der Waals surface area contributed by atoms with Crippen molar-refractivity contribution >= 4 is 0 Å². The highest BCUT2D eigenvalue weighted by atomic mass is 16.5. The fraction of sp³-hybridized carbons (Fsp3) is 0.571. The van der Waals surface area contributed by atoms with Gasteiger partial charge >= 0.3 is 0 Å². The second kappa shape index (κ2) is 5.67. The maximum atomic E-state index is 10.3. The molecule has 1 aromatic rings. The lowest BCUT2D eigenvalue weighted by atomic mass is 10.1. The van der Waals surface area contributed by atoms with Gasteiger partial charge in [-0.3, -0.25) is 4.90 Å². The highest BCUT2D eigenvalue weighted by molar-refractivity contribution is 5.55. The Hall–Kier alpha value is -1.46. The van der Waals surface area contributed by atoms with Crippen molar-refractivity contribution in [3.63, 3.8) is 0 Å². The second-order valence-corrected chi connectivity index (χ2v) is 4.98. The van der Waals surface area contributed by atoms with Crippen molar-refractivity contribution in [1.82, 2.24) is 10.2 Å². The summed E-state index contributed by atoms with van der Waals surface area (Å²) < 4.78 is 11.2. The number of hydrogen-bond donors (Lipinski definition) is 2. The van der Waals surface area contributed by atoms with Crippen LogP contribution in [0.3, 0.4) is 0 Å². The number of aromatic hydroxyl groups is 1. The summed E-state index contributed by atoms with van der Waals surface area (Å²) in [6, 6.07) is 3.84. The van der Waals surface area contributed by atoms with Crippen molar-refractivity contribution < 1.29 is 14.6 Å². The van der Waals surface area contributed by atoms with Crippen molar-refractivity contribution in [3.8, 4) is 17.2 Å². The average Bonchev–Trinajstić information content (AvgIpc) is 2.69. The van der Waals surface area contributed by atoms with E-state index in [1.807, 2.05) is 12.1 Å². The van der Waals surface area contributed by atoms with Crippen LogP contribution in [0, 0.1) is 0 Å². The zero-order valence-corrected chi connectivity index (χ0v) is 11.0. The molecule has 104 valence electrons. The number of nitrogens with zero attached hydrogens (tertiary/aromatic N) is 1. The molecule has 0 atom stereocenters. The molecule has 2 N–H and O–H groups in total. The van der Waals surface area contributed by atoms with Crippen LogP contribution >= 0.6 is 0 Å². The van der Waals surface area contributed by atoms with Gasteiger partial charge in [0.1, 0.15) is 0 Å². The van der Waals surface area contributed by atoms with Gasteiger partial charge in [-0.05, 0) is 6.07 Å². The molecule has 5 heteroatoms. The van der Waals surface area contributed by atoms with Crippen LogP contribution in [0.1, 0.15) is 12.0 Å². The lowest BCUT2D eigenvalue weighted by Gasteiger charge is -2.27. The molecule has 0 spiro atoms. The second-order valence-electron chi connectivity index (χ2n) is 4.98. The molecule has 0 unspecified atom stereocenters. The summed E-state index contributed by atoms with van der Waals surface area (Å²) in [5.74, 6) is 1.39. The number of piperazine rings is 1. The summed E-state index contributed by atoms with van der Waals surface area (Å²) >= 11 is 0. The first kappa shape index (κ1) is 12.6. The van der Waals surface area contributed by atoms with Gasteiger partial charge in [0.25, 0.3) is 0 Å². The minimum Gasteiger partial charge on any atom is -0.504 e. The van der Waals surface area contributed by atoms with Gasteiger partial charge in [0, 0.05) is 44.7 Å². The molecule has 2 aliphatic rings. The van der Waals surface area contributed by atoms with Crippen LogP contribution in [0.4, 0.5) is 0 Å². The van der Waals surface area contributed by atoms with Crippen LogP contribution in [-0.2, 0) is 6.54 Å². The van der Waals surface area contributed by atoms with Crippen LogP contribution in [0.5, 0.6) is 17.2 Å². The van der Waals surface area contributed by atoms with E-state index >= 15 is 0 Å². The fourth-order valence-electron chi connectivity index (χ4n) is 2.50. The molecule has 19 heavy (non-hydrogen) atoms. The summed E-state index contributed by atoms with van der Waals surface area (Å²) in [4.78, 5) is 2.33. The maximum absolute atomic E-state index is 10.3. The van der Waals surface area contributed by atoms with Gasteiger partial charge < -0.3 is 19.9 Å². The molecule has 2 heterocycles. The van der Waals surface area contributed by atoms with Gasteiger partial charge in [-0.15, -0.1) is 0 Å². The van der Waals surface area contributed by atoms with Crippen molar-refractivity contribution in [1.29, 1.82) is 0 Å². The number of ether oxygens (including phenoxy) is 2. The Morgan fingerprint density at radius 1 is 1.16 bits per heavy atom. The molecule has 1 fully saturated rings. The van der Waals surface area contributed by atoms with E-state index in [0.29, 0.717) is 24.7 Å². The van der Waals surface area contributed by atoms with E-state index in [4.69, 9.17) is 9.47 Å². The van der Waals surface area contributed by atoms with Crippen LogP contribution in [-0.4, -0.2) is 49.4 Å². The van der Waals surface area contributed by atoms with Gasteiger partial charge in [-0.1, -0.05) is 6.07 Å². The third-order valence-corrected chi connectivity index (χ3v) is 3.58. The van der Waals surface area contributed by atoms with Gasteiger partial charge in [-0.2, -0.15) is 0 Å². The van der Waals surface area contributed by atoms with Crippen LogP contribution in [0.2, 0.25) is 0 Å². The largest absolute Gasteiger partial charge is 0.504 e. The zero-order valence-electron chi connectivity index (χ0n) is 11.0. The maximum Gasteiger partial charge on any atom is 0.203 e. The monoisotopic (exact) mass is 264 g/mol. The summed E-state index contributed by atoms with van der Waals surface area (Å²) in [6.07, 6.45) is 0.848. The first-order valence-corrected chi connectivity index (χ1v) is 6.88. The van der Waals surface area contributed by atoms with E-state index in [0.717, 1.165) is 44.7 Å². The molecular weight excluding hydrogens is 244 g/mol. The van der Waals surface area contributed by atoms with Gasteiger partial charge in [0.05, 0.1) is 13.2 Å². The highest BCUT2D eigenvalue weighted by Crippen LogP contribution is 2.40. The zero-order chi connectivity index (χ0) is 13.1. The Kier molecular flexibility index (Phi) is 3.75. The molecule has 1 aromatic carbocycles. The molecule has 1 saturated heterocycles. The Morgan fingerprint density at radius 3 is 2.79 bits per heavy atom. The van der Waals surface area contributed by atoms with Crippen molar-refractivity contribution in [2.24, 2.45) is 0 Å². The molecule has 3 rings (SSSR count). The molecule has 2 aliphatic heterocycles. The predicted octanol–water partition coefficient (Wildman–Crippen LogP) is 0.959. The van der Waals surface area contributed by atoms with E-state index in [-0.39, 0.29) is 5.75 Å². The molecule has 0 radical (unpaired) electrons. The topological polar surface area (TPSA) is 54.0 Å². The predicted molar refractivity (Wildman–Crippen MR) is 71.9 cm³/mol. The fourth-order valence-corrected chi connectivity index (χ4v) is 2.50. The van der Waals surface area contributed by atoms with Crippen LogP contribution in [0.25, 0.3) is 0 Å². The molecular formula is C14H20N2O3. The molecule has 0 aliphatic carbocycles. The number of hydrogen-bond acceptors (Lipinski definition) is 5. The Bertz CT molecular complexity index is 445. The van der Waals surface area contributed by atoms with Crippen LogP contribution < -0.4 is 14.8 Å². The summed E-state index contributed by atoms with van der Waals surface area (Å²) in [5, 5.41) is 13.7. The van der Waals surface area contributed by atoms with E-state index in [2.05, 4.69) is 10.2 Å². The quantitative estimate of drug-likeness (QED) is 0.833. The van der Waals surface area contributed by atoms with E-state index in [1.54, 1.807) is 0 Å². The molecule has 0 aromatic heterocycles. The van der Waals surface area contributed by atoms with Gasteiger partial charge in [-0.25, -0.2) is 0 Å². The number of benzene rings is 1. The minimum absolute atomic E-state index is 0.234. The lowest BCUT2D eigenvalue weighted by Crippen LogP contribution is -2.42. The standard InChI is InChI=1S/C14H20N2O3/c17-13-11(10-16-6-4-15-5-7-16)2-3-12-14(13)19-9-1-8-18-12/h2-3,15,17H,1,4-10H2. The van der Waals surface area contributed by atoms with Gasteiger partial charge in [0.2, 0.25) is 5.75 Å². The van der Waals surface area contributed by atoms with Crippen molar-refractivity contribution in [3.05, 3.63) is 17.7 Å². The number of phenols is 1. The molecule has 0 bridgehead atoms. The third-order valence-electron chi connectivity index (χ3n) is 3.58. The normalized spacial score (nSPS) is 20.0. The van der Waals surface area contributed by atoms with E-state index in [1.165, 1.54) is 0 Å². The third kappa shape index (κ3) is 2.77. The first-order valence-electron chi connectivity index (χ1n) is 6.88. The Labute approximate surface area is 113 Å². The van der Waals surface area contributed by atoms with Crippen LogP contribution in [0.15, 0.2) is 12.1 Å². The minimum atomic E-state index is 0.234. The van der Waals surface area contributed by atoms with E-state index in [9.17, 15) is 5.11 Å². The summed E-state index contributed by atoms with van der Waals surface area (Å²) in [6.45, 7) is 6.02. The summed E-state index contributed by atoms with van der Waals surface area (Å²) in [5.41, 5.74) is 0.908. The SMILES string of the molecule is Oc1c(CN2CCNCC2)ccc2c1OCCCO2. The Morgan fingerprint density at radius 2 is 1.95 bits per heavy atom.